The third kappa shape index (κ3) is 7.97. The number of halogens is 2. The molecule has 0 radical (unpaired) electrons. The van der Waals surface area contributed by atoms with Crippen LogP contribution in [0.3, 0.4) is 0 Å². The van der Waals surface area contributed by atoms with Crippen molar-refractivity contribution in [2.24, 2.45) is 0 Å². The van der Waals surface area contributed by atoms with Gasteiger partial charge in [0.1, 0.15) is 12.2 Å². The Labute approximate surface area is 340 Å². The highest BCUT2D eigenvalue weighted by Gasteiger charge is 2.26. The average molecular weight is 788 g/mol. The maximum absolute atomic E-state index is 6.63. The van der Waals surface area contributed by atoms with E-state index in [-0.39, 0.29) is 0 Å². The molecule has 10 heteroatoms. The summed E-state index contributed by atoms with van der Waals surface area (Å²) >= 11 is 13.2. The normalized spacial score (nSPS) is 15.5. The van der Waals surface area contributed by atoms with E-state index in [9.17, 15) is 0 Å². The monoisotopic (exact) mass is 786 g/mol. The van der Waals surface area contributed by atoms with E-state index in [1.807, 2.05) is 57.3 Å². The minimum Gasteiger partial charge on any atom is -0.365 e. The molecule has 2 aliphatic rings. The third-order valence-electron chi connectivity index (χ3n) is 11.3. The average Bonchev–Trinajstić information content (AvgIpc) is 3.86. The number of nitrogens with zero attached hydrogens (tertiary/aromatic N) is 7. The van der Waals surface area contributed by atoms with Gasteiger partial charge in [-0.15, -0.1) is 0 Å². The van der Waals surface area contributed by atoms with Crippen molar-refractivity contribution in [2.75, 3.05) is 25.0 Å². The van der Waals surface area contributed by atoms with Crippen LogP contribution in [0, 0.1) is 13.8 Å². The van der Waals surface area contributed by atoms with Crippen molar-refractivity contribution in [1.29, 1.82) is 0 Å². The van der Waals surface area contributed by atoms with Crippen LogP contribution in [-0.4, -0.2) is 61.2 Å². The number of benzene rings is 4. The molecule has 5 heterocycles. The fourth-order valence-corrected chi connectivity index (χ4v) is 8.90. The van der Waals surface area contributed by atoms with Gasteiger partial charge in [0.25, 0.3) is 0 Å². The highest BCUT2D eigenvalue weighted by atomic mass is 35.5. The molecule has 1 fully saturated rings. The van der Waals surface area contributed by atoms with Crippen molar-refractivity contribution in [2.45, 2.75) is 92.2 Å². The van der Waals surface area contributed by atoms with Crippen LogP contribution in [0.5, 0.6) is 0 Å². The molecule has 3 aromatic heterocycles. The van der Waals surface area contributed by atoms with E-state index >= 15 is 0 Å². The van der Waals surface area contributed by atoms with E-state index in [2.05, 4.69) is 88.1 Å². The second-order valence-corrected chi connectivity index (χ2v) is 15.9. The molecule has 4 aromatic carbocycles. The molecule has 1 saturated heterocycles. The SMILES string of the molecule is CC.CC(C)c1nc(CCC2CCCN2C)nc2c1CCN(c1cccc3cccc(Cl)c13)C2.Cc1ccc2[nH]ncc2c1-c1cc2ncnc(C)c2cc1Cl. The Balaban J connectivity index is 0.000000175. The summed E-state index contributed by atoms with van der Waals surface area (Å²) in [4.78, 5) is 23.7. The van der Waals surface area contributed by atoms with Gasteiger partial charge in [-0.1, -0.05) is 81.2 Å². The van der Waals surface area contributed by atoms with Crippen molar-refractivity contribution in [3.05, 3.63) is 117 Å². The van der Waals surface area contributed by atoms with Crippen molar-refractivity contribution in [3.8, 4) is 11.1 Å². The number of H-pyrrole nitrogens is 1. The minimum absolute atomic E-state index is 0.415. The number of fused-ring (bicyclic) bond motifs is 4. The van der Waals surface area contributed by atoms with Crippen LogP contribution in [-0.2, 0) is 19.4 Å². The topological polar surface area (TPSA) is 86.7 Å². The van der Waals surface area contributed by atoms with E-state index in [4.69, 9.17) is 33.2 Å². The fourth-order valence-electron chi connectivity index (χ4n) is 8.37. The number of aryl methyl sites for hydroxylation is 3. The highest BCUT2D eigenvalue weighted by Crippen LogP contribution is 2.39. The number of aromatic amines is 1. The summed E-state index contributed by atoms with van der Waals surface area (Å²) in [6.45, 7) is 15.6. The quantitative estimate of drug-likeness (QED) is 0.180. The molecule has 2 aliphatic heterocycles. The summed E-state index contributed by atoms with van der Waals surface area (Å²) in [6, 6.07) is 21.4. The Hall–Kier alpha value is -4.63. The van der Waals surface area contributed by atoms with Gasteiger partial charge in [-0.25, -0.2) is 19.9 Å². The lowest BCUT2D eigenvalue weighted by atomic mass is 9.95. The van der Waals surface area contributed by atoms with Gasteiger partial charge in [0.15, 0.2) is 0 Å². The Bertz CT molecular complexity index is 2490. The van der Waals surface area contributed by atoms with Crippen molar-refractivity contribution < 1.29 is 0 Å². The van der Waals surface area contributed by atoms with Crippen molar-refractivity contribution in [1.82, 2.24) is 35.0 Å². The lowest BCUT2D eigenvalue weighted by Gasteiger charge is -2.33. The van der Waals surface area contributed by atoms with Crippen LogP contribution in [0.4, 0.5) is 5.69 Å². The first-order chi connectivity index (χ1) is 27.2. The van der Waals surface area contributed by atoms with Crippen LogP contribution in [0.1, 0.15) is 86.9 Å². The summed E-state index contributed by atoms with van der Waals surface area (Å²) in [7, 11) is 2.25. The van der Waals surface area contributed by atoms with Gasteiger partial charge in [-0.2, -0.15) is 5.10 Å². The molecule has 290 valence electrons. The third-order valence-corrected chi connectivity index (χ3v) is 11.9. The molecule has 0 spiro atoms. The number of hydrogen-bond donors (Lipinski definition) is 1. The summed E-state index contributed by atoms with van der Waals surface area (Å²) in [6.07, 6.45) is 9.12. The number of nitrogens with one attached hydrogen (secondary N) is 1. The zero-order valence-electron chi connectivity index (χ0n) is 33.6. The van der Waals surface area contributed by atoms with Gasteiger partial charge in [0.05, 0.1) is 40.2 Å². The molecule has 0 saturated carbocycles. The Kier molecular flexibility index (Phi) is 12.2. The Morgan fingerprint density at radius 3 is 2.48 bits per heavy atom. The molecule has 1 unspecified atom stereocenters. The first-order valence-electron chi connectivity index (χ1n) is 20.0. The Morgan fingerprint density at radius 1 is 0.911 bits per heavy atom. The first-order valence-corrected chi connectivity index (χ1v) is 20.8. The van der Waals surface area contributed by atoms with E-state index in [1.54, 1.807) is 6.33 Å². The van der Waals surface area contributed by atoms with E-state index in [1.165, 1.54) is 47.4 Å². The molecule has 1 N–H and O–H groups in total. The maximum atomic E-state index is 6.63. The van der Waals surface area contributed by atoms with Crippen LogP contribution >= 0.6 is 23.2 Å². The Morgan fingerprint density at radius 2 is 1.71 bits per heavy atom. The van der Waals surface area contributed by atoms with Gasteiger partial charge in [-0.05, 0) is 111 Å². The summed E-state index contributed by atoms with van der Waals surface area (Å²) in [5.41, 5.74) is 11.1. The van der Waals surface area contributed by atoms with Crippen LogP contribution in [0.25, 0.3) is 43.7 Å². The van der Waals surface area contributed by atoms with Crippen LogP contribution < -0.4 is 4.90 Å². The molecule has 8 nitrogen and oxygen atoms in total. The van der Waals surface area contributed by atoms with Gasteiger partial charge in [0.2, 0.25) is 0 Å². The number of anilines is 1. The number of likely N-dealkylation sites (tertiary alicyclic amines) is 1. The predicted molar refractivity (Wildman–Crippen MR) is 234 cm³/mol. The summed E-state index contributed by atoms with van der Waals surface area (Å²) < 4.78 is 0. The van der Waals surface area contributed by atoms with Crippen molar-refractivity contribution >= 4 is 61.5 Å². The largest absolute Gasteiger partial charge is 0.365 e. The second-order valence-electron chi connectivity index (χ2n) is 15.1. The summed E-state index contributed by atoms with van der Waals surface area (Å²) in [5.74, 6) is 1.43. The first kappa shape index (κ1) is 39.6. The highest BCUT2D eigenvalue weighted by molar-refractivity contribution is 6.36. The molecule has 0 aliphatic carbocycles. The number of hydrogen-bond acceptors (Lipinski definition) is 7. The zero-order valence-corrected chi connectivity index (χ0v) is 35.1. The molecular formula is C46H52Cl2N8. The maximum Gasteiger partial charge on any atom is 0.129 e. The minimum atomic E-state index is 0.415. The molecule has 56 heavy (non-hydrogen) atoms. The molecule has 9 rings (SSSR count). The van der Waals surface area contributed by atoms with Gasteiger partial charge in [0, 0.05) is 57.1 Å². The smallest absolute Gasteiger partial charge is 0.129 e. The molecular weight excluding hydrogens is 735 g/mol. The molecule has 7 aromatic rings. The zero-order chi connectivity index (χ0) is 39.5. The lowest BCUT2D eigenvalue weighted by Crippen LogP contribution is -2.33. The molecule has 0 bridgehead atoms. The number of rotatable bonds is 6. The van der Waals surface area contributed by atoms with E-state index in [0.29, 0.717) is 17.0 Å². The van der Waals surface area contributed by atoms with Gasteiger partial charge >= 0.3 is 0 Å². The summed E-state index contributed by atoms with van der Waals surface area (Å²) in [5, 5.41) is 13.0. The lowest BCUT2D eigenvalue weighted by molar-refractivity contribution is 0.295. The van der Waals surface area contributed by atoms with Crippen LogP contribution in [0.2, 0.25) is 10.0 Å². The fraction of sp³-hybridized carbons (Fsp3) is 0.370. The standard InChI is InChI=1S/C27H33ClN4.C17H13ClN4.C2H6/c1-18(2)27-21-14-16-32(24-11-5-8-19-7-4-10-22(28)26(19)24)17-23(21)29-25(30-27)13-12-20-9-6-15-31(20)3;1-9-3-4-15-13(7-21-22-15)17(9)12-6-16-11(5-14(12)18)10(2)19-8-20-16;1-2/h4-5,7-8,10-11,18,20H,6,9,12-17H2,1-3H3;3-8H,1-2H3,(H,21,22);1-2H3. The van der Waals surface area contributed by atoms with E-state index in [0.717, 1.165) is 92.8 Å². The van der Waals surface area contributed by atoms with E-state index < -0.39 is 0 Å². The van der Waals surface area contributed by atoms with Gasteiger partial charge in [-0.3, -0.25) is 5.10 Å². The van der Waals surface area contributed by atoms with Gasteiger partial charge < -0.3 is 9.80 Å². The van der Waals surface area contributed by atoms with Crippen molar-refractivity contribution in [3.63, 3.8) is 0 Å². The second kappa shape index (κ2) is 17.2. The predicted octanol–water partition coefficient (Wildman–Crippen LogP) is 11.5. The molecule has 1 atom stereocenters. The van der Waals surface area contributed by atoms with Crippen LogP contribution in [0.15, 0.2) is 73.2 Å². The number of aromatic nitrogens is 6. The molecule has 0 amide bonds.